The first-order valence-corrected chi connectivity index (χ1v) is 7.66. The van der Waals surface area contributed by atoms with Gasteiger partial charge in [-0.1, -0.05) is 25.1 Å². The summed E-state index contributed by atoms with van der Waals surface area (Å²) in [7, 11) is 0. The molecule has 112 valence electrons. The molecule has 6 heteroatoms. The monoisotopic (exact) mass is 286 g/mol. The molecule has 0 bridgehead atoms. The van der Waals surface area contributed by atoms with E-state index in [4.69, 9.17) is 0 Å². The van der Waals surface area contributed by atoms with Crippen LogP contribution in [0.2, 0.25) is 0 Å². The molecule has 0 spiro atoms. The molecule has 1 aromatic heterocycles. The Balaban J connectivity index is 1.78. The second kappa shape index (κ2) is 6.78. The van der Waals surface area contributed by atoms with E-state index in [-0.39, 0.29) is 0 Å². The minimum absolute atomic E-state index is 0.589. The third kappa shape index (κ3) is 3.28. The van der Waals surface area contributed by atoms with Crippen molar-refractivity contribution in [3.05, 3.63) is 36.2 Å². The van der Waals surface area contributed by atoms with Crippen LogP contribution in [-0.4, -0.2) is 50.8 Å². The van der Waals surface area contributed by atoms with Crippen molar-refractivity contribution in [3.63, 3.8) is 0 Å². The van der Waals surface area contributed by atoms with Crippen LogP contribution in [0.1, 0.15) is 25.6 Å². The van der Waals surface area contributed by atoms with Gasteiger partial charge in [-0.3, -0.25) is 4.90 Å². The highest BCUT2D eigenvalue weighted by Gasteiger charge is 2.23. The van der Waals surface area contributed by atoms with Crippen LogP contribution in [0.3, 0.4) is 0 Å². The number of hydrogen-bond acceptors (Lipinski definition) is 5. The van der Waals surface area contributed by atoms with Crippen LogP contribution in [0, 0.1) is 0 Å². The molecule has 1 N–H and O–H groups in total. The summed E-state index contributed by atoms with van der Waals surface area (Å²) in [4.78, 5) is 2.49. The Morgan fingerprint density at radius 3 is 2.90 bits per heavy atom. The Morgan fingerprint density at radius 1 is 1.33 bits per heavy atom. The van der Waals surface area contributed by atoms with Gasteiger partial charge in [0.25, 0.3) is 0 Å². The van der Waals surface area contributed by atoms with Gasteiger partial charge in [0.1, 0.15) is 0 Å². The van der Waals surface area contributed by atoms with Gasteiger partial charge >= 0.3 is 0 Å². The summed E-state index contributed by atoms with van der Waals surface area (Å²) in [5, 5.41) is 15.7. The van der Waals surface area contributed by atoms with Crippen molar-refractivity contribution >= 4 is 0 Å². The maximum atomic E-state index is 4.23. The molecule has 1 atom stereocenters. The number of benzene rings is 1. The second-order valence-electron chi connectivity index (χ2n) is 5.46. The van der Waals surface area contributed by atoms with Gasteiger partial charge in [-0.25, -0.2) is 0 Å². The molecular weight excluding hydrogens is 264 g/mol. The van der Waals surface area contributed by atoms with E-state index in [0.717, 1.165) is 44.1 Å². The standard InChI is InChI=1S/C15H22N6/c1-2-10-20(14-8-9-16-11-14)12-15-17-18-19-21(15)13-6-4-3-5-7-13/h3-7,14,16H,2,8-12H2,1H3. The zero-order valence-electron chi connectivity index (χ0n) is 12.4. The molecule has 2 aromatic rings. The number of tetrazole rings is 1. The minimum atomic E-state index is 0.589. The normalized spacial score (nSPS) is 18.5. The van der Waals surface area contributed by atoms with Crippen LogP contribution in [0.5, 0.6) is 0 Å². The van der Waals surface area contributed by atoms with Crippen molar-refractivity contribution in [1.82, 2.24) is 30.4 Å². The van der Waals surface area contributed by atoms with Gasteiger partial charge in [0.05, 0.1) is 12.2 Å². The van der Waals surface area contributed by atoms with E-state index in [1.54, 1.807) is 0 Å². The average Bonchev–Trinajstić information content (AvgIpc) is 3.19. The highest BCUT2D eigenvalue weighted by atomic mass is 15.5. The van der Waals surface area contributed by atoms with E-state index in [1.165, 1.54) is 6.42 Å². The van der Waals surface area contributed by atoms with Crippen LogP contribution in [0.4, 0.5) is 0 Å². The molecule has 0 amide bonds. The first-order valence-electron chi connectivity index (χ1n) is 7.66. The number of hydrogen-bond donors (Lipinski definition) is 1. The Morgan fingerprint density at radius 2 is 2.19 bits per heavy atom. The molecule has 6 nitrogen and oxygen atoms in total. The van der Waals surface area contributed by atoms with Gasteiger partial charge < -0.3 is 5.32 Å². The molecule has 0 aliphatic carbocycles. The van der Waals surface area contributed by atoms with Crippen molar-refractivity contribution in [2.75, 3.05) is 19.6 Å². The van der Waals surface area contributed by atoms with Crippen LogP contribution in [0.15, 0.2) is 30.3 Å². The van der Waals surface area contributed by atoms with Gasteiger partial charge in [0, 0.05) is 12.6 Å². The summed E-state index contributed by atoms with van der Waals surface area (Å²) in [6.07, 6.45) is 2.34. The molecule has 1 fully saturated rings. The second-order valence-corrected chi connectivity index (χ2v) is 5.46. The Kier molecular flexibility index (Phi) is 4.57. The topological polar surface area (TPSA) is 58.9 Å². The van der Waals surface area contributed by atoms with Crippen molar-refractivity contribution in [3.8, 4) is 5.69 Å². The summed E-state index contributed by atoms with van der Waals surface area (Å²) >= 11 is 0. The highest BCUT2D eigenvalue weighted by Crippen LogP contribution is 2.14. The number of nitrogens with zero attached hydrogens (tertiary/aromatic N) is 5. The fourth-order valence-electron chi connectivity index (χ4n) is 2.88. The fourth-order valence-corrected chi connectivity index (χ4v) is 2.88. The number of rotatable bonds is 6. The van der Waals surface area contributed by atoms with Gasteiger partial charge in [-0.2, -0.15) is 4.68 Å². The molecule has 1 aliphatic rings. The lowest BCUT2D eigenvalue weighted by molar-refractivity contribution is 0.193. The molecule has 3 rings (SSSR count). The van der Waals surface area contributed by atoms with E-state index in [9.17, 15) is 0 Å². The summed E-state index contributed by atoms with van der Waals surface area (Å²) < 4.78 is 1.84. The van der Waals surface area contributed by atoms with Crippen LogP contribution in [0.25, 0.3) is 5.69 Å². The quantitative estimate of drug-likeness (QED) is 0.865. The number of aromatic nitrogens is 4. The predicted molar refractivity (Wildman–Crippen MR) is 81.1 cm³/mol. The molecule has 21 heavy (non-hydrogen) atoms. The Hall–Kier alpha value is -1.79. The van der Waals surface area contributed by atoms with E-state index in [1.807, 2.05) is 35.0 Å². The zero-order chi connectivity index (χ0) is 14.5. The molecule has 2 heterocycles. The first-order chi connectivity index (χ1) is 10.4. The van der Waals surface area contributed by atoms with Gasteiger partial charge in [0.15, 0.2) is 5.82 Å². The first kappa shape index (κ1) is 14.2. The third-order valence-corrected chi connectivity index (χ3v) is 3.94. The molecular formula is C15H22N6. The maximum absolute atomic E-state index is 4.23. The predicted octanol–water partition coefficient (Wildman–Crippen LogP) is 1.24. The van der Waals surface area contributed by atoms with E-state index < -0.39 is 0 Å². The number of para-hydroxylation sites is 1. The molecule has 1 unspecified atom stereocenters. The van der Waals surface area contributed by atoms with Crippen molar-refractivity contribution < 1.29 is 0 Å². The minimum Gasteiger partial charge on any atom is -0.315 e. The zero-order valence-corrected chi connectivity index (χ0v) is 12.4. The van der Waals surface area contributed by atoms with Crippen molar-refractivity contribution in [1.29, 1.82) is 0 Å². The van der Waals surface area contributed by atoms with Gasteiger partial charge in [-0.05, 0) is 48.5 Å². The smallest absolute Gasteiger partial charge is 0.170 e. The number of nitrogens with one attached hydrogen (secondary N) is 1. The Labute approximate surface area is 125 Å². The summed E-state index contributed by atoms with van der Waals surface area (Å²) in [6, 6.07) is 10.7. The van der Waals surface area contributed by atoms with Crippen LogP contribution in [-0.2, 0) is 6.54 Å². The fraction of sp³-hybridized carbons (Fsp3) is 0.533. The molecule has 0 radical (unpaired) electrons. The average molecular weight is 286 g/mol. The summed E-state index contributed by atoms with van der Waals surface area (Å²) in [5.41, 5.74) is 1.01. The lowest BCUT2D eigenvalue weighted by atomic mass is 10.2. The largest absolute Gasteiger partial charge is 0.315 e. The molecule has 1 aliphatic heterocycles. The summed E-state index contributed by atoms with van der Waals surface area (Å²) in [6.45, 7) is 6.26. The molecule has 1 aromatic carbocycles. The van der Waals surface area contributed by atoms with E-state index in [2.05, 4.69) is 32.7 Å². The van der Waals surface area contributed by atoms with Crippen molar-refractivity contribution in [2.24, 2.45) is 0 Å². The van der Waals surface area contributed by atoms with E-state index in [0.29, 0.717) is 6.04 Å². The SMILES string of the molecule is CCCN(Cc1nnnn1-c1ccccc1)C1CCNC1. The Bertz CT molecular complexity index is 546. The maximum Gasteiger partial charge on any atom is 0.170 e. The molecule has 1 saturated heterocycles. The highest BCUT2D eigenvalue weighted by molar-refractivity contribution is 5.30. The summed E-state index contributed by atoms with van der Waals surface area (Å²) in [5.74, 6) is 0.904. The van der Waals surface area contributed by atoms with Crippen LogP contribution < -0.4 is 5.32 Å². The third-order valence-electron chi connectivity index (χ3n) is 3.94. The van der Waals surface area contributed by atoms with Crippen LogP contribution >= 0.6 is 0 Å². The van der Waals surface area contributed by atoms with E-state index >= 15 is 0 Å². The van der Waals surface area contributed by atoms with Gasteiger partial charge in [-0.15, -0.1) is 5.10 Å². The molecule has 0 saturated carbocycles. The lowest BCUT2D eigenvalue weighted by Crippen LogP contribution is -2.37. The lowest BCUT2D eigenvalue weighted by Gasteiger charge is -2.27. The van der Waals surface area contributed by atoms with Gasteiger partial charge in [0.2, 0.25) is 0 Å². The van der Waals surface area contributed by atoms with Crippen molar-refractivity contribution in [2.45, 2.75) is 32.4 Å².